The molecule has 1 atom stereocenters. The van der Waals surface area contributed by atoms with Crippen molar-refractivity contribution in [3.05, 3.63) is 0 Å². The summed E-state index contributed by atoms with van der Waals surface area (Å²) in [6.45, 7) is 4.82. The number of aliphatic hydroxyl groups excluding tert-OH is 1. The van der Waals surface area contributed by atoms with Crippen molar-refractivity contribution in [2.45, 2.75) is 32.1 Å². The fraction of sp³-hybridized carbons (Fsp3) is 1.00. The molecule has 1 rings (SSSR count). The summed E-state index contributed by atoms with van der Waals surface area (Å²) in [5.74, 6) is 0.378. The Bertz CT molecular complexity index is 155. The lowest BCUT2D eigenvalue weighted by Crippen LogP contribution is -2.57. The van der Waals surface area contributed by atoms with Crippen LogP contribution < -0.4 is 5.73 Å². The van der Waals surface area contributed by atoms with Crippen molar-refractivity contribution in [1.82, 2.24) is 0 Å². The molecule has 0 saturated carbocycles. The minimum Gasteiger partial charge on any atom is -0.394 e. The third-order valence-electron chi connectivity index (χ3n) is 2.49. The van der Waals surface area contributed by atoms with E-state index < -0.39 is 5.54 Å². The van der Waals surface area contributed by atoms with Gasteiger partial charge in [-0.25, -0.2) is 0 Å². The maximum Gasteiger partial charge on any atom is 0.160 e. The second-order valence-electron chi connectivity index (χ2n) is 3.90. The first-order valence-electron chi connectivity index (χ1n) is 4.74. The highest BCUT2D eigenvalue weighted by molar-refractivity contribution is 4.86. The molecule has 0 spiro atoms. The number of hydrogen-bond acceptors (Lipinski definition) is 4. The Hall–Kier alpha value is -0.160. The first-order chi connectivity index (χ1) is 6.11. The Morgan fingerprint density at radius 1 is 1.54 bits per heavy atom. The highest BCUT2D eigenvalue weighted by atomic mass is 16.7. The summed E-state index contributed by atoms with van der Waals surface area (Å²) in [4.78, 5) is 0. The molecule has 78 valence electrons. The van der Waals surface area contributed by atoms with E-state index in [9.17, 15) is 0 Å². The molecule has 3 N–H and O–H groups in total. The standard InChI is InChI=1S/C9H19NO3/c1-3-7(2)8-12-5-9(10,4-11)6-13-8/h7-8,11H,3-6,10H2,1-2H3. The van der Waals surface area contributed by atoms with Crippen LogP contribution in [-0.2, 0) is 9.47 Å². The van der Waals surface area contributed by atoms with Crippen molar-refractivity contribution < 1.29 is 14.6 Å². The van der Waals surface area contributed by atoms with Crippen LogP contribution in [0.3, 0.4) is 0 Å². The Balaban J connectivity index is 2.38. The van der Waals surface area contributed by atoms with Gasteiger partial charge in [0.05, 0.1) is 25.4 Å². The molecule has 0 aromatic heterocycles. The van der Waals surface area contributed by atoms with E-state index in [1.165, 1.54) is 0 Å². The molecule has 0 amide bonds. The molecule has 0 aromatic carbocycles. The molecule has 1 aliphatic heterocycles. The second-order valence-corrected chi connectivity index (χ2v) is 3.90. The van der Waals surface area contributed by atoms with Gasteiger partial charge in [-0.2, -0.15) is 0 Å². The van der Waals surface area contributed by atoms with Gasteiger partial charge in [0, 0.05) is 5.92 Å². The van der Waals surface area contributed by atoms with Crippen molar-refractivity contribution in [2.75, 3.05) is 19.8 Å². The van der Waals surface area contributed by atoms with Crippen LogP contribution in [0.2, 0.25) is 0 Å². The van der Waals surface area contributed by atoms with Gasteiger partial charge in [0.1, 0.15) is 0 Å². The zero-order chi connectivity index (χ0) is 9.90. The van der Waals surface area contributed by atoms with E-state index in [-0.39, 0.29) is 12.9 Å². The molecule has 1 unspecified atom stereocenters. The van der Waals surface area contributed by atoms with Crippen molar-refractivity contribution in [2.24, 2.45) is 11.7 Å². The summed E-state index contributed by atoms with van der Waals surface area (Å²) in [6.07, 6.45) is 0.856. The lowest BCUT2D eigenvalue weighted by molar-refractivity contribution is -0.231. The highest BCUT2D eigenvalue weighted by Crippen LogP contribution is 2.20. The maximum atomic E-state index is 8.95. The van der Waals surface area contributed by atoms with Crippen LogP contribution in [0.15, 0.2) is 0 Å². The summed E-state index contributed by atoms with van der Waals surface area (Å²) in [5.41, 5.74) is 5.06. The molecular weight excluding hydrogens is 170 g/mol. The normalized spacial score (nSPS) is 37.4. The van der Waals surface area contributed by atoms with E-state index >= 15 is 0 Å². The molecule has 4 heteroatoms. The van der Waals surface area contributed by atoms with Gasteiger partial charge in [0.2, 0.25) is 0 Å². The third kappa shape index (κ3) is 2.64. The minimum absolute atomic E-state index is 0.0970. The van der Waals surface area contributed by atoms with Gasteiger partial charge in [0.25, 0.3) is 0 Å². The molecule has 13 heavy (non-hydrogen) atoms. The van der Waals surface area contributed by atoms with Gasteiger partial charge in [-0.05, 0) is 6.42 Å². The van der Waals surface area contributed by atoms with E-state index in [4.69, 9.17) is 20.3 Å². The van der Waals surface area contributed by atoms with Gasteiger partial charge < -0.3 is 20.3 Å². The predicted octanol–water partition coefficient (Wildman–Crippen LogP) is 0.0952. The van der Waals surface area contributed by atoms with Crippen LogP contribution in [0, 0.1) is 5.92 Å². The number of aliphatic hydroxyl groups is 1. The van der Waals surface area contributed by atoms with Crippen molar-refractivity contribution >= 4 is 0 Å². The van der Waals surface area contributed by atoms with E-state index in [0.29, 0.717) is 19.1 Å². The van der Waals surface area contributed by atoms with Gasteiger partial charge in [-0.3, -0.25) is 0 Å². The quantitative estimate of drug-likeness (QED) is 0.660. The zero-order valence-corrected chi connectivity index (χ0v) is 8.32. The topological polar surface area (TPSA) is 64.7 Å². The molecule has 4 nitrogen and oxygen atoms in total. The fourth-order valence-corrected chi connectivity index (χ4v) is 1.20. The van der Waals surface area contributed by atoms with Crippen LogP contribution >= 0.6 is 0 Å². The van der Waals surface area contributed by atoms with E-state index in [2.05, 4.69) is 13.8 Å². The summed E-state index contributed by atoms with van der Waals surface area (Å²) in [5, 5.41) is 8.95. The second kappa shape index (κ2) is 4.37. The molecule has 0 aromatic rings. The Kier molecular flexibility index (Phi) is 3.67. The van der Waals surface area contributed by atoms with E-state index in [1.807, 2.05) is 0 Å². The van der Waals surface area contributed by atoms with Crippen LogP contribution in [0.25, 0.3) is 0 Å². The summed E-state index contributed by atoms with van der Waals surface area (Å²) >= 11 is 0. The number of hydrogen-bond donors (Lipinski definition) is 2. The van der Waals surface area contributed by atoms with Gasteiger partial charge >= 0.3 is 0 Å². The smallest absolute Gasteiger partial charge is 0.160 e. The molecule has 1 saturated heterocycles. The summed E-state index contributed by atoms with van der Waals surface area (Å²) in [6, 6.07) is 0. The maximum absolute atomic E-state index is 8.95. The van der Waals surface area contributed by atoms with Gasteiger partial charge in [-0.1, -0.05) is 13.8 Å². The summed E-state index contributed by atoms with van der Waals surface area (Å²) < 4.78 is 10.9. The lowest BCUT2D eigenvalue weighted by atomic mass is 10.0. The summed E-state index contributed by atoms with van der Waals surface area (Å²) in [7, 11) is 0. The predicted molar refractivity (Wildman–Crippen MR) is 49.2 cm³/mol. The molecule has 1 heterocycles. The SMILES string of the molecule is CCC(C)C1OCC(N)(CO)CO1. The van der Waals surface area contributed by atoms with E-state index in [1.54, 1.807) is 0 Å². The van der Waals surface area contributed by atoms with E-state index in [0.717, 1.165) is 6.42 Å². The molecule has 0 aliphatic carbocycles. The van der Waals surface area contributed by atoms with Crippen molar-refractivity contribution in [3.63, 3.8) is 0 Å². The Morgan fingerprint density at radius 2 is 2.08 bits per heavy atom. The highest BCUT2D eigenvalue weighted by Gasteiger charge is 2.34. The van der Waals surface area contributed by atoms with Crippen LogP contribution in [0.5, 0.6) is 0 Å². The number of ether oxygens (including phenoxy) is 2. The van der Waals surface area contributed by atoms with Crippen LogP contribution in [0.1, 0.15) is 20.3 Å². The van der Waals surface area contributed by atoms with Crippen molar-refractivity contribution in [1.29, 1.82) is 0 Å². The first-order valence-corrected chi connectivity index (χ1v) is 4.74. The number of rotatable bonds is 3. The van der Waals surface area contributed by atoms with Crippen molar-refractivity contribution in [3.8, 4) is 0 Å². The van der Waals surface area contributed by atoms with Crippen LogP contribution in [-0.4, -0.2) is 36.8 Å². The monoisotopic (exact) mass is 189 g/mol. The average Bonchev–Trinajstić information content (AvgIpc) is 2.18. The number of nitrogens with two attached hydrogens (primary N) is 1. The average molecular weight is 189 g/mol. The lowest BCUT2D eigenvalue weighted by Gasteiger charge is -2.37. The fourth-order valence-electron chi connectivity index (χ4n) is 1.20. The Morgan fingerprint density at radius 3 is 2.46 bits per heavy atom. The molecule has 1 aliphatic rings. The zero-order valence-electron chi connectivity index (χ0n) is 8.32. The molecular formula is C9H19NO3. The first kappa shape index (κ1) is 10.9. The Labute approximate surface area is 79.0 Å². The molecule has 0 radical (unpaired) electrons. The molecule has 0 bridgehead atoms. The van der Waals surface area contributed by atoms with Gasteiger partial charge in [0.15, 0.2) is 6.29 Å². The van der Waals surface area contributed by atoms with Crippen LogP contribution in [0.4, 0.5) is 0 Å². The largest absolute Gasteiger partial charge is 0.394 e. The minimum atomic E-state index is -0.704. The van der Waals surface area contributed by atoms with Gasteiger partial charge in [-0.15, -0.1) is 0 Å². The molecule has 1 fully saturated rings. The third-order valence-corrected chi connectivity index (χ3v) is 2.49.